The van der Waals surface area contributed by atoms with Crippen LogP contribution in [0.3, 0.4) is 0 Å². The summed E-state index contributed by atoms with van der Waals surface area (Å²) < 4.78 is 66.6. The van der Waals surface area contributed by atoms with E-state index in [0.717, 1.165) is 16.9 Å². The third-order valence-electron chi connectivity index (χ3n) is 7.55. The molecule has 2 aromatic carbocycles. The van der Waals surface area contributed by atoms with Gasteiger partial charge in [0.15, 0.2) is 0 Å². The number of benzene rings is 2. The second kappa shape index (κ2) is 12.5. The van der Waals surface area contributed by atoms with Gasteiger partial charge in [0.25, 0.3) is 10.0 Å². The van der Waals surface area contributed by atoms with Gasteiger partial charge in [0.1, 0.15) is 22.7 Å². The standard InChI is InChI=1S/C28H35N3O7S3/c1-29-40(33,34)25-9-5-8-24(16-25)37-20-23(32)18-30-22-17-28(38-19-22)12-14-31(15-13-28)41(35,36)27-11-10-26(39-27)21-6-3-2-4-7-21/h2-11,16,22-23,29-30,32H,12-15,17-20H2,1H3. The molecule has 0 aliphatic carbocycles. The topological polar surface area (TPSA) is 134 Å². The van der Waals surface area contributed by atoms with Crippen molar-refractivity contribution in [2.45, 2.75) is 46.1 Å². The van der Waals surface area contributed by atoms with Crippen LogP contribution in [0.1, 0.15) is 19.3 Å². The molecule has 1 spiro atoms. The van der Waals surface area contributed by atoms with Crippen molar-refractivity contribution in [1.29, 1.82) is 0 Å². The summed E-state index contributed by atoms with van der Waals surface area (Å²) in [5.41, 5.74) is 0.620. The van der Waals surface area contributed by atoms with E-state index in [2.05, 4.69) is 10.0 Å². The Kier molecular flexibility index (Phi) is 9.16. The van der Waals surface area contributed by atoms with E-state index in [-0.39, 0.29) is 29.7 Å². The largest absolute Gasteiger partial charge is 0.491 e. The molecule has 2 saturated heterocycles. The van der Waals surface area contributed by atoms with Crippen molar-refractivity contribution in [3.8, 4) is 16.2 Å². The first-order valence-corrected chi connectivity index (χ1v) is 17.2. The first kappa shape index (κ1) is 30.1. The van der Waals surface area contributed by atoms with Crippen LogP contribution in [-0.2, 0) is 24.8 Å². The number of aliphatic hydroxyl groups excluding tert-OH is 1. The molecule has 3 N–H and O–H groups in total. The van der Waals surface area contributed by atoms with Crippen LogP contribution in [0.15, 0.2) is 75.8 Å². The monoisotopic (exact) mass is 621 g/mol. The number of thiophene rings is 1. The van der Waals surface area contributed by atoms with Gasteiger partial charge in [0.2, 0.25) is 10.0 Å². The fraction of sp³-hybridized carbons (Fsp3) is 0.429. The minimum Gasteiger partial charge on any atom is -0.491 e. The summed E-state index contributed by atoms with van der Waals surface area (Å²) in [4.78, 5) is 1.01. The number of hydrogen-bond donors (Lipinski definition) is 3. The lowest BCUT2D eigenvalue weighted by molar-refractivity contribution is -0.0311. The van der Waals surface area contributed by atoms with Gasteiger partial charge in [-0.2, -0.15) is 4.31 Å². The normalized spacial score (nSPS) is 20.3. The van der Waals surface area contributed by atoms with Crippen LogP contribution >= 0.6 is 11.3 Å². The number of rotatable bonds is 11. The van der Waals surface area contributed by atoms with E-state index >= 15 is 0 Å². The van der Waals surface area contributed by atoms with E-state index in [1.54, 1.807) is 22.5 Å². The molecule has 2 aliphatic rings. The molecule has 2 fully saturated rings. The van der Waals surface area contributed by atoms with E-state index in [1.165, 1.54) is 30.5 Å². The van der Waals surface area contributed by atoms with E-state index in [9.17, 15) is 21.9 Å². The second-order valence-corrected chi connectivity index (χ2v) is 15.5. The maximum atomic E-state index is 13.3. The molecule has 0 bridgehead atoms. The van der Waals surface area contributed by atoms with Crippen LogP contribution in [0, 0.1) is 0 Å². The Hall–Kier alpha value is -2.36. The average Bonchev–Trinajstić information content (AvgIpc) is 3.64. The van der Waals surface area contributed by atoms with Crippen molar-refractivity contribution in [3.05, 3.63) is 66.7 Å². The van der Waals surface area contributed by atoms with Crippen LogP contribution in [0.5, 0.6) is 5.75 Å². The Morgan fingerprint density at radius 1 is 1.07 bits per heavy atom. The summed E-state index contributed by atoms with van der Waals surface area (Å²) in [5.74, 6) is 0.351. The van der Waals surface area contributed by atoms with Gasteiger partial charge in [-0.15, -0.1) is 11.3 Å². The minimum atomic E-state index is -3.58. The van der Waals surface area contributed by atoms with Gasteiger partial charge >= 0.3 is 0 Å². The predicted molar refractivity (Wildman–Crippen MR) is 157 cm³/mol. The summed E-state index contributed by atoms with van der Waals surface area (Å²) in [6.45, 7) is 1.55. The Morgan fingerprint density at radius 3 is 2.56 bits per heavy atom. The van der Waals surface area contributed by atoms with Crippen LogP contribution in [0.4, 0.5) is 0 Å². The van der Waals surface area contributed by atoms with Crippen molar-refractivity contribution in [2.75, 3.05) is 39.9 Å². The predicted octanol–water partition coefficient (Wildman–Crippen LogP) is 2.66. The Labute approximate surface area is 245 Å². The molecular weight excluding hydrogens is 587 g/mol. The number of sulfonamides is 2. The van der Waals surface area contributed by atoms with Crippen LogP contribution < -0.4 is 14.8 Å². The van der Waals surface area contributed by atoms with Gasteiger partial charge in [0, 0.05) is 36.6 Å². The van der Waals surface area contributed by atoms with E-state index in [0.29, 0.717) is 42.5 Å². The van der Waals surface area contributed by atoms with Gasteiger partial charge in [-0.1, -0.05) is 36.4 Å². The van der Waals surface area contributed by atoms with Crippen molar-refractivity contribution in [3.63, 3.8) is 0 Å². The fourth-order valence-electron chi connectivity index (χ4n) is 5.20. The Balaban J connectivity index is 1.08. The maximum absolute atomic E-state index is 13.3. The van der Waals surface area contributed by atoms with Gasteiger partial charge in [0.05, 0.1) is 17.1 Å². The first-order chi connectivity index (χ1) is 19.6. The third-order valence-corrected chi connectivity index (χ3v) is 12.5. The van der Waals surface area contributed by atoms with Crippen molar-refractivity contribution in [2.24, 2.45) is 0 Å². The molecule has 41 heavy (non-hydrogen) atoms. The number of ether oxygens (including phenoxy) is 2. The lowest BCUT2D eigenvalue weighted by Crippen LogP contribution is -2.47. The minimum absolute atomic E-state index is 0.00367. The molecule has 2 aliphatic heterocycles. The van der Waals surface area contributed by atoms with Gasteiger partial charge in [-0.3, -0.25) is 0 Å². The summed E-state index contributed by atoms with van der Waals surface area (Å²) in [5, 5.41) is 13.8. The van der Waals surface area contributed by atoms with Crippen molar-refractivity contribution in [1.82, 2.24) is 14.3 Å². The molecule has 10 nitrogen and oxygen atoms in total. The molecule has 3 aromatic rings. The second-order valence-electron chi connectivity index (χ2n) is 10.3. The van der Waals surface area contributed by atoms with Crippen LogP contribution in [0.25, 0.3) is 10.4 Å². The first-order valence-electron chi connectivity index (χ1n) is 13.5. The molecule has 2 atom stereocenters. The molecule has 3 heterocycles. The maximum Gasteiger partial charge on any atom is 0.252 e. The highest BCUT2D eigenvalue weighted by Gasteiger charge is 2.45. The zero-order chi connectivity index (χ0) is 29.1. The lowest BCUT2D eigenvalue weighted by Gasteiger charge is -2.37. The molecule has 5 rings (SSSR count). The SMILES string of the molecule is CNS(=O)(=O)c1cccc(OCC(O)CNC2COC3(CCN(S(=O)(=O)c4ccc(-c5ccccc5)s4)CC3)C2)c1. The summed E-state index contributed by atoms with van der Waals surface area (Å²) in [6, 6.07) is 19.4. The number of hydrogen-bond acceptors (Lipinski definition) is 9. The third kappa shape index (κ3) is 7.00. The number of nitrogens with one attached hydrogen (secondary N) is 2. The van der Waals surface area contributed by atoms with Gasteiger partial charge in [-0.05, 0) is 56.1 Å². The quantitative estimate of drug-likeness (QED) is 0.298. The van der Waals surface area contributed by atoms with Gasteiger partial charge in [-0.25, -0.2) is 21.6 Å². The van der Waals surface area contributed by atoms with Crippen LogP contribution in [0.2, 0.25) is 0 Å². The highest BCUT2D eigenvalue weighted by molar-refractivity contribution is 7.91. The zero-order valence-corrected chi connectivity index (χ0v) is 25.2. The van der Waals surface area contributed by atoms with E-state index < -0.39 is 26.2 Å². The Morgan fingerprint density at radius 2 is 1.83 bits per heavy atom. The summed E-state index contributed by atoms with van der Waals surface area (Å²) in [7, 11) is -5.82. The summed E-state index contributed by atoms with van der Waals surface area (Å²) in [6.07, 6.45) is 1.14. The number of aliphatic hydroxyl groups is 1. The van der Waals surface area contributed by atoms with E-state index in [1.807, 2.05) is 36.4 Å². The highest BCUT2D eigenvalue weighted by Crippen LogP contribution is 2.39. The van der Waals surface area contributed by atoms with Crippen LogP contribution in [-0.4, -0.2) is 83.9 Å². The average molecular weight is 622 g/mol. The fourth-order valence-corrected chi connectivity index (χ4v) is 8.88. The molecule has 0 saturated carbocycles. The zero-order valence-electron chi connectivity index (χ0n) is 22.7. The summed E-state index contributed by atoms with van der Waals surface area (Å²) >= 11 is 1.29. The number of piperidine rings is 1. The Bertz CT molecular complexity index is 1540. The smallest absolute Gasteiger partial charge is 0.252 e. The molecule has 222 valence electrons. The molecule has 0 amide bonds. The number of nitrogens with zero attached hydrogens (tertiary/aromatic N) is 1. The van der Waals surface area contributed by atoms with Crippen molar-refractivity contribution >= 4 is 31.4 Å². The molecular formula is C28H35N3O7S3. The molecule has 1 aromatic heterocycles. The van der Waals surface area contributed by atoms with Gasteiger partial charge < -0.3 is 19.9 Å². The lowest BCUT2D eigenvalue weighted by atomic mass is 9.88. The highest BCUT2D eigenvalue weighted by atomic mass is 32.2. The molecule has 0 radical (unpaired) electrons. The van der Waals surface area contributed by atoms with E-state index in [4.69, 9.17) is 9.47 Å². The molecule has 13 heteroatoms. The van der Waals surface area contributed by atoms with Crippen molar-refractivity contribution < 1.29 is 31.4 Å². The molecule has 2 unspecified atom stereocenters.